The number of carbonyl (C=O) groups is 3. The maximum Gasteiger partial charge on any atom is 0.304 e. The van der Waals surface area contributed by atoms with E-state index in [1.807, 2.05) is 66.7 Å². The van der Waals surface area contributed by atoms with Gasteiger partial charge in [-0.1, -0.05) is 73.5 Å². The molecule has 48 heavy (non-hydrogen) atoms. The summed E-state index contributed by atoms with van der Waals surface area (Å²) in [5.74, 6) is 0.604. The van der Waals surface area contributed by atoms with E-state index in [0.717, 1.165) is 53.9 Å². The summed E-state index contributed by atoms with van der Waals surface area (Å²) in [6, 6.07) is 31.2. The van der Waals surface area contributed by atoms with Gasteiger partial charge < -0.3 is 24.3 Å². The van der Waals surface area contributed by atoms with Gasteiger partial charge in [-0.2, -0.15) is 0 Å². The molecule has 0 bridgehead atoms. The predicted octanol–water partition coefficient (Wildman–Crippen LogP) is 7.25. The molecule has 0 radical (unpaired) electrons. The fourth-order valence-electron chi connectivity index (χ4n) is 6.21. The Morgan fingerprint density at radius 2 is 1.33 bits per heavy atom. The van der Waals surface area contributed by atoms with Crippen LogP contribution in [0.5, 0.6) is 11.5 Å². The Labute approximate surface area is 281 Å². The molecular formula is C39H42N2O7. The molecule has 250 valence electrons. The van der Waals surface area contributed by atoms with Gasteiger partial charge in [0.15, 0.2) is 0 Å². The minimum atomic E-state index is -0.874. The smallest absolute Gasteiger partial charge is 0.304 e. The summed E-state index contributed by atoms with van der Waals surface area (Å²) < 4.78 is 23.4. The molecule has 4 aromatic carbocycles. The molecule has 1 atom stereocenters. The topological polar surface area (TPSA) is 103 Å². The van der Waals surface area contributed by atoms with Crippen LogP contribution in [0, 0.1) is 0 Å². The van der Waals surface area contributed by atoms with Gasteiger partial charge >= 0.3 is 5.97 Å². The first-order valence-corrected chi connectivity index (χ1v) is 16.1. The van der Waals surface area contributed by atoms with E-state index >= 15 is 0 Å². The Balaban J connectivity index is 1.27. The third-order valence-electron chi connectivity index (χ3n) is 8.48. The standard InChI is InChI=1S/C39H42N2O7/c1-27(42)40-32-18-23-35-36(26-32)37(44)41(38(35)48-28(2)43)24-10-5-6-11-25-47-39(29-12-8-7-9-13-29,30-14-19-33(45-3)20-15-30)31-16-21-34(46-4)22-17-31/h7-9,12-23,26,38H,5-6,10-11,24-25H2,1-4H3,(H,40,42). The summed E-state index contributed by atoms with van der Waals surface area (Å²) >= 11 is 0. The maximum absolute atomic E-state index is 13.4. The van der Waals surface area contributed by atoms with Gasteiger partial charge in [-0.15, -0.1) is 0 Å². The number of nitrogens with one attached hydrogen (secondary N) is 1. The summed E-state index contributed by atoms with van der Waals surface area (Å²) in [6.45, 7) is 3.66. The fourth-order valence-corrected chi connectivity index (χ4v) is 6.21. The number of esters is 1. The fraction of sp³-hybridized carbons (Fsp3) is 0.308. The first-order valence-electron chi connectivity index (χ1n) is 16.1. The van der Waals surface area contributed by atoms with Crippen molar-refractivity contribution in [1.82, 2.24) is 4.90 Å². The van der Waals surface area contributed by atoms with Crippen LogP contribution in [0.2, 0.25) is 0 Å². The van der Waals surface area contributed by atoms with Crippen LogP contribution < -0.4 is 14.8 Å². The minimum absolute atomic E-state index is 0.224. The average Bonchev–Trinajstić information content (AvgIpc) is 3.35. The van der Waals surface area contributed by atoms with E-state index in [4.69, 9.17) is 18.9 Å². The highest BCUT2D eigenvalue weighted by Gasteiger charge is 2.39. The molecule has 5 rings (SSSR count). The molecule has 0 saturated carbocycles. The number of carbonyl (C=O) groups excluding carboxylic acids is 3. The lowest BCUT2D eigenvalue weighted by Gasteiger charge is -2.36. The van der Waals surface area contributed by atoms with E-state index in [-0.39, 0.29) is 11.8 Å². The van der Waals surface area contributed by atoms with Crippen LogP contribution >= 0.6 is 0 Å². The average molecular weight is 651 g/mol. The lowest BCUT2D eigenvalue weighted by Crippen LogP contribution is -2.33. The predicted molar refractivity (Wildman–Crippen MR) is 183 cm³/mol. The molecule has 0 saturated heterocycles. The minimum Gasteiger partial charge on any atom is -0.497 e. The Kier molecular flexibility index (Phi) is 11.1. The molecule has 2 amide bonds. The normalized spacial score (nSPS) is 14.0. The van der Waals surface area contributed by atoms with Gasteiger partial charge in [-0.3, -0.25) is 19.3 Å². The second kappa shape index (κ2) is 15.6. The number of hydrogen-bond donors (Lipinski definition) is 1. The van der Waals surface area contributed by atoms with E-state index in [0.29, 0.717) is 30.0 Å². The van der Waals surface area contributed by atoms with Crippen LogP contribution in [0.15, 0.2) is 97.1 Å². The van der Waals surface area contributed by atoms with Gasteiger partial charge in [0.25, 0.3) is 5.91 Å². The molecule has 0 fully saturated rings. The summed E-state index contributed by atoms with van der Waals surface area (Å²) in [5, 5.41) is 2.71. The number of amides is 2. The van der Waals surface area contributed by atoms with Crippen molar-refractivity contribution in [2.24, 2.45) is 0 Å². The highest BCUT2D eigenvalue weighted by Crippen LogP contribution is 2.42. The van der Waals surface area contributed by atoms with E-state index in [9.17, 15) is 14.4 Å². The highest BCUT2D eigenvalue weighted by molar-refractivity contribution is 6.01. The number of unbranched alkanes of at least 4 members (excludes halogenated alkanes) is 3. The van der Waals surface area contributed by atoms with Crippen LogP contribution in [0.4, 0.5) is 5.69 Å². The molecule has 1 aliphatic heterocycles. The molecule has 4 aromatic rings. The molecule has 0 spiro atoms. The maximum atomic E-state index is 13.4. The van der Waals surface area contributed by atoms with E-state index in [1.165, 1.54) is 13.8 Å². The molecule has 1 unspecified atom stereocenters. The summed E-state index contributed by atoms with van der Waals surface area (Å²) in [5.41, 5.74) is 3.65. The van der Waals surface area contributed by atoms with Gasteiger partial charge in [0, 0.05) is 38.2 Å². The number of nitrogens with zero attached hydrogens (tertiary/aromatic N) is 1. The van der Waals surface area contributed by atoms with Crippen LogP contribution in [0.3, 0.4) is 0 Å². The monoisotopic (exact) mass is 650 g/mol. The van der Waals surface area contributed by atoms with Crippen molar-refractivity contribution in [1.29, 1.82) is 0 Å². The lowest BCUT2D eigenvalue weighted by molar-refractivity contribution is -0.153. The zero-order valence-electron chi connectivity index (χ0n) is 27.9. The van der Waals surface area contributed by atoms with Crippen LogP contribution in [0.25, 0.3) is 0 Å². The van der Waals surface area contributed by atoms with Gasteiger partial charge in [-0.05, 0) is 65.9 Å². The van der Waals surface area contributed by atoms with Gasteiger partial charge in [0.05, 0.1) is 19.8 Å². The quantitative estimate of drug-likeness (QED) is 0.0821. The number of fused-ring (bicyclic) bond motifs is 1. The second-order valence-electron chi connectivity index (χ2n) is 11.7. The second-order valence-corrected chi connectivity index (χ2v) is 11.7. The summed E-state index contributed by atoms with van der Waals surface area (Å²) in [6.07, 6.45) is 2.44. The van der Waals surface area contributed by atoms with Crippen LogP contribution in [-0.2, 0) is 24.7 Å². The summed E-state index contributed by atoms with van der Waals surface area (Å²) in [7, 11) is 3.30. The number of benzene rings is 4. The SMILES string of the molecule is COc1ccc(C(OCCCCCCN2C(=O)c3cc(NC(C)=O)ccc3C2OC(C)=O)(c2ccccc2)c2ccc(OC)cc2)cc1. The van der Waals surface area contributed by atoms with Crippen molar-refractivity contribution >= 4 is 23.5 Å². The molecule has 9 nitrogen and oxygen atoms in total. The van der Waals surface area contributed by atoms with Crippen molar-refractivity contribution < 1.29 is 33.3 Å². The molecule has 0 aliphatic carbocycles. The Morgan fingerprint density at radius 1 is 0.750 bits per heavy atom. The summed E-state index contributed by atoms with van der Waals surface area (Å²) in [4.78, 5) is 38.4. The third-order valence-corrected chi connectivity index (χ3v) is 8.48. The van der Waals surface area contributed by atoms with Crippen LogP contribution in [0.1, 0.15) is 78.4 Å². The van der Waals surface area contributed by atoms with E-state index in [1.54, 1.807) is 37.3 Å². The molecule has 9 heteroatoms. The number of ether oxygens (including phenoxy) is 4. The Bertz CT molecular complexity index is 1660. The van der Waals surface area contributed by atoms with Crippen LogP contribution in [-0.4, -0.2) is 50.1 Å². The lowest BCUT2D eigenvalue weighted by atomic mass is 9.80. The van der Waals surface area contributed by atoms with E-state index in [2.05, 4.69) is 17.4 Å². The highest BCUT2D eigenvalue weighted by atomic mass is 16.6. The largest absolute Gasteiger partial charge is 0.497 e. The van der Waals surface area contributed by atoms with Crippen molar-refractivity contribution in [3.8, 4) is 11.5 Å². The van der Waals surface area contributed by atoms with E-state index < -0.39 is 17.8 Å². The zero-order chi connectivity index (χ0) is 34.1. The van der Waals surface area contributed by atoms with Gasteiger partial charge in [0.1, 0.15) is 17.1 Å². The first-order chi connectivity index (χ1) is 23.3. The molecule has 1 aliphatic rings. The number of methoxy groups -OCH3 is 2. The molecular weight excluding hydrogens is 608 g/mol. The number of anilines is 1. The molecule has 1 N–H and O–H groups in total. The molecule has 0 aromatic heterocycles. The number of hydrogen-bond acceptors (Lipinski definition) is 7. The number of rotatable bonds is 15. The first kappa shape index (κ1) is 34.2. The Hall–Kier alpha value is -5.15. The third kappa shape index (κ3) is 7.52. The van der Waals surface area contributed by atoms with Gasteiger partial charge in [0.2, 0.25) is 12.1 Å². The zero-order valence-corrected chi connectivity index (χ0v) is 27.9. The van der Waals surface area contributed by atoms with Crippen molar-refractivity contribution in [2.45, 2.75) is 51.4 Å². The van der Waals surface area contributed by atoms with Crippen molar-refractivity contribution in [3.05, 3.63) is 125 Å². The van der Waals surface area contributed by atoms with Crippen molar-refractivity contribution in [2.75, 3.05) is 32.7 Å². The Morgan fingerprint density at radius 3 is 1.90 bits per heavy atom. The molecule has 1 heterocycles. The van der Waals surface area contributed by atoms with Gasteiger partial charge in [-0.25, -0.2) is 0 Å². The van der Waals surface area contributed by atoms with Crippen molar-refractivity contribution in [3.63, 3.8) is 0 Å².